The molecule has 0 unspecified atom stereocenters. The van der Waals surface area contributed by atoms with Crippen LogP contribution in [0.5, 0.6) is 0 Å². The number of piperidine rings is 1. The summed E-state index contributed by atoms with van der Waals surface area (Å²) >= 11 is 5.82. The number of carbonyl (C=O) groups is 1. The SMILES string of the molecule is CC[NH+]1CCC2(CC1)N=C(c1ccc(F)cc1)C(=S)N2C(=O)c1ccc(C(C)(C)C)cc1. The van der Waals surface area contributed by atoms with Crippen molar-refractivity contribution in [3.05, 3.63) is 71.0 Å². The molecular weight excluding hydrogens is 421 g/mol. The van der Waals surface area contributed by atoms with Crippen molar-refractivity contribution in [2.75, 3.05) is 19.6 Å². The second kappa shape index (κ2) is 8.49. The van der Waals surface area contributed by atoms with Gasteiger partial charge in [0, 0.05) is 24.0 Å². The number of amides is 1. The first-order valence-corrected chi connectivity index (χ1v) is 11.7. The fraction of sp³-hybridized carbons (Fsp3) is 0.423. The topological polar surface area (TPSA) is 37.1 Å². The van der Waals surface area contributed by atoms with Crippen LogP contribution >= 0.6 is 12.2 Å². The third-order valence-electron chi connectivity index (χ3n) is 6.72. The predicted molar refractivity (Wildman–Crippen MR) is 130 cm³/mol. The van der Waals surface area contributed by atoms with Crippen molar-refractivity contribution in [2.45, 2.75) is 51.6 Å². The Hall–Kier alpha value is -2.44. The number of quaternary nitrogens is 1. The second-order valence-electron chi connectivity index (χ2n) is 9.83. The lowest BCUT2D eigenvalue weighted by Crippen LogP contribution is -3.13. The van der Waals surface area contributed by atoms with Gasteiger partial charge < -0.3 is 4.90 Å². The Labute approximate surface area is 195 Å². The quantitative estimate of drug-likeness (QED) is 0.720. The zero-order chi connectivity index (χ0) is 23.1. The molecule has 1 amide bonds. The highest BCUT2D eigenvalue weighted by Crippen LogP contribution is 2.36. The molecule has 2 aromatic carbocycles. The van der Waals surface area contributed by atoms with Gasteiger partial charge in [0.15, 0.2) is 5.66 Å². The molecule has 6 heteroatoms. The summed E-state index contributed by atoms with van der Waals surface area (Å²) < 4.78 is 13.5. The molecule has 0 aliphatic carbocycles. The summed E-state index contributed by atoms with van der Waals surface area (Å²) in [5.41, 5.74) is 2.50. The van der Waals surface area contributed by atoms with E-state index < -0.39 is 5.66 Å². The van der Waals surface area contributed by atoms with Crippen molar-refractivity contribution in [3.8, 4) is 0 Å². The number of hydrogen-bond acceptors (Lipinski definition) is 3. The molecule has 1 N–H and O–H groups in total. The molecule has 0 atom stereocenters. The highest BCUT2D eigenvalue weighted by molar-refractivity contribution is 7.82. The van der Waals surface area contributed by atoms with Crippen LogP contribution in [0.1, 0.15) is 62.0 Å². The zero-order valence-corrected chi connectivity index (χ0v) is 20.1. The number of thiocarbonyl (C=S) groups is 1. The smallest absolute Gasteiger partial charge is 0.260 e. The Kier molecular flexibility index (Phi) is 6.03. The van der Waals surface area contributed by atoms with E-state index in [1.807, 2.05) is 24.3 Å². The van der Waals surface area contributed by atoms with E-state index in [1.54, 1.807) is 17.0 Å². The number of carbonyl (C=O) groups excluding carboxylic acids is 1. The molecule has 2 heterocycles. The molecule has 2 aliphatic rings. The van der Waals surface area contributed by atoms with E-state index in [2.05, 4.69) is 27.7 Å². The molecular formula is C26H31FN3OS+. The number of hydrogen-bond donors (Lipinski definition) is 1. The average molecular weight is 453 g/mol. The highest BCUT2D eigenvalue weighted by Gasteiger charge is 2.51. The first kappa shape index (κ1) is 22.7. The molecule has 168 valence electrons. The van der Waals surface area contributed by atoms with Crippen LogP contribution in [-0.2, 0) is 5.41 Å². The van der Waals surface area contributed by atoms with E-state index in [0.29, 0.717) is 16.3 Å². The second-order valence-corrected chi connectivity index (χ2v) is 10.2. The summed E-state index contributed by atoms with van der Waals surface area (Å²) in [7, 11) is 0. The van der Waals surface area contributed by atoms with Gasteiger partial charge in [-0.2, -0.15) is 0 Å². The Morgan fingerprint density at radius 2 is 1.69 bits per heavy atom. The number of nitrogens with zero attached hydrogens (tertiary/aromatic N) is 2. The molecule has 0 aromatic heterocycles. The van der Waals surface area contributed by atoms with Crippen molar-refractivity contribution >= 4 is 28.8 Å². The Morgan fingerprint density at radius 3 is 2.22 bits per heavy atom. The summed E-state index contributed by atoms with van der Waals surface area (Å²) in [6.07, 6.45) is 1.51. The maximum absolute atomic E-state index is 13.8. The Balaban J connectivity index is 1.71. The van der Waals surface area contributed by atoms with Gasteiger partial charge in [0.1, 0.15) is 16.5 Å². The van der Waals surface area contributed by atoms with Crippen LogP contribution in [0.4, 0.5) is 4.39 Å². The molecule has 4 nitrogen and oxygen atoms in total. The van der Waals surface area contributed by atoms with Gasteiger partial charge >= 0.3 is 0 Å². The van der Waals surface area contributed by atoms with Crippen LogP contribution < -0.4 is 4.90 Å². The largest absolute Gasteiger partial charge is 0.335 e. The predicted octanol–water partition coefficient (Wildman–Crippen LogP) is 3.79. The van der Waals surface area contributed by atoms with Crippen molar-refractivity contribution < 1.29 is 14.1 Å². The maximum Gasteiger partial charge on any atom is 0.260 e. The van der Waals surface area contributed by atoms with Crippen molar-refractivity contribution in [2.24, 2.45) is 4.99 Å². The molecule has 1 saturated heterocycles. The van der Waals surface area contributed by atoms with E-state index >= 15 is 0 Å². The Bertz CT molecular complexity index is 1050. The number of aliphatic imine (C=N–C) groups is 1. The molecule has 0 bridgehead atoms. The van der Waals surface area contributed by atoms with Crippen LogP contribution in [0.15, 0.2) is 53.5 Å². The summed E-state index contributed by atoms with van der Waals surface area (Å²) in [6.45, 7) is 11.6. The van der Waals surface area contributed by atoms with Crippen molar-refractivity contribution in [3.63, 3.8) is 0 Å². The lowest BCUT2D eigenvalue weighted by molar-refractivity contribution is -0.904. The molecule has 32 heavy (non-hydrogen) atoms. The van der Waals surface area contributed by atoms with E-state index in [4.69, 9.17) is 17.2 Å². The molecule has 1 fully saturated rings. The van der Waals surface area contributed by atoms with Crippen LogP contribution in [0.25, 0.3) is 0 Å². The number of rotatable bonds is 3. The minimum absolute atomic E-state index is 0.0143. The van der Waals surface area contributed by atoms with E-state index in [1.165, 1.54) is 22.6 Å². The normalized spacial score (nSPS) is 23.5. The third kappa shape index (κ3) is 4.14. The van der Waals surface area contributed by atoms with Gasteiger partial charge in [0.05, 0.1) is 19.6 Å². The number of benzene rings is 2. The van der Waals surface area contributed by atoms with Crippen LogP contribution in [0.3, 0.4) is 0 Å². The molecule has 4 rings (SSSR count). The number of nitrogens with one attached hydrogen (secondary N) is 1. The van der Waals surface area contributed by atoms with Gasteiger partial charge in [0.2, 0.25) is 0 Å². The van der Waals surface area contributed by atoms with Crippen LogP contribution in [0, 0.1) is 5.82 Å². The fourth-order valence-corrected chi connectivity index (χ4v) is 5.03. The molecule has 1 spiro atoms. The Morgan fingerprint density at radius 1 is 1.09 bits per heavy atom. The molecule has 2 aromatic rings. The lowest BCUT2D eigenvalue weighted by atomic mass is 9.86. The molecule has 0 radical (unpaired) electrons. The van der Waals surface area contributed by atoms with Gasteiger partial charge in [-0.05, 0) is 54.3 Å². The minimum Gasteiger partial charge on any atom is -0.335 e. The monoisotopic (exact) mass is 452 g/mol. The van der Waals surface area contributed by atoms with E-state index in [-0.39, 0.29) is 17.1 Å². The molecule has 0 saturated carbocycles. The first-order valence-electron chi connectivity index (χ1n) is 11.3. The first-order chi connectivity index (χ1) is 15.1. The van der Waals surface area contributed by atoms with Gasteiger partial charge in [-0.25, -0.2) is 4.39 Å². The summed E-state index contributed by atoms with van der Waals surface area (Å²) in [5.74, 6) is -0.420. The van der Waals surface area contributed by atoms with Crippen molar-refractivity contribution in [1.29, 1.82) is 0 Å². The van der Waals surface area contributed by atoms with Gasteiger partial charge in [0.25, 0.3) is 5.91 Å². The summed E-state index contributed by atoms with van der Waals surface area (Å²) in [4.78, 5) is 22.5. The van der Waals surface area contributed by atoms with E-state index in [0.717, 1.165) is 38.0 Å². The van der Waals surface area contributed by atoms with Gasteiger partial charge in [-0.1, -0.05) is 45.1 Å². The highest BCUT2D eigenvalue weighted by atomic mass is 32.1. The number of likely N-dealkylation sites (tertiary alicyclic amines) is 1. The van der Waals surface area contributed by atoms with Gasteiger partial charge in [-0.3, -0.25) is 14.7 Å². The number of halogens is 1. The molecule has 2 aliphatic heterocycles. The lowest BCUT2D eigenvalue weighted by Gasteiger charge is -2.40. The standard InChI is InChI=1S/C26H30FN3OS/c1-5-29-16-14-26(15-17-29)28-22(18-8-12-21(27)13-9-18)24(32)30(26)23(31)19-6-10-20(11-7-19)25(2,3)4/h6-13H,5,14-17H2,1-4H3/p+1. The van der Waals surface area contributed by atoms with Crippen LogP contribution in [-0.4, -0.2) is 46.8 Å². The third-order valence-corrected chi connectivity index (χ3v) is 7.09. The maximum atomic E-state index is 13.8. The average Bonchev–Trinajstić information content (AvgIpc) is 3.05. The fourth-order valence-electron chi connectivity index (χ4n) is 4.61. The minimum atomic E-state index is -0.667. The van der Waals surface area contributed by atoms with Gasteiger partial charge in [-0.15, -0.1) is 0 Å². The summed E-state index contributed by atoms with van der Waals surface area (Å²) in [5, 5.41) is 0. The van der Waals surface area contributed by atoms with Crippen LogP contribution in [0.2, 0.25) is 0 Å². The zero-order valence-electron chi connectivity index (χ0n) is 19.2. The van der Waals surface area contributed by atoms with Crippen molar-refractivity contribution in [1.82, 2.24) is 4.90 Å². The summed E-state index contributed by atoms with van der Waals surface area (Å²) in [6, 6.07) is 14.0. The van der Waals surface area contributed by atoms with E-state index in [9.17, 15) is 9.18 Å².